The van der Waals surface area contributed by atoms with Crippen molar-refractivity contribution >= 4 is 17.1 Å². The predicted molar refractivity (Wildman–Crippen MR) is 136 cm³/mol. The number of hydrogen-bond donors (Lipinski definition) is 3. The van der Waals surface area contributed by atoms with Crippen LogP contribution in [0.2, 0.25) is 0 Å². The molecule has 2 aliphatic carbocycles. The maximum Gasteiger partial charge on any atom is 0.317 e. The Kier molecular flexibility index (Phi) is 6.30. The first-order valence-corrected chi connectivity index (χ1v) is 13.2. The summed E-state index contributed by atoms with van der Waals surface area (Å²) in [7, 11) is 0. The van der Waals surface area contributed by atoms with Crippen LogP contribution in [0.25, 0.3) is 22.3 Å². The van der Waals surface area contributed by atoms with Crippen molar-refractivity contribution in [2.45, 2.75) is 68.7 Å². The standard InChI is InChI=1S/C26H33N9O2/c27-7-6-26(35-16-18(15-31-35)23-22-5-8-28-24(22)30-17-29-23)13-20(14-26)33-9-11-34(12-10-33)25(37)32-19-1-3-21(36)4-2-19/h5,8,15-17,19-21,36H,1-4,6,9-14H2,(H,32,37)(H,28,29,30). The summed E-state index contributed by atoms with van der Waals surface area (Å²) >= 11 is 0. The van der Waals surface area contributed by atoms with E-state index in [9.17, 15) is 15.2 Å². The van der Waals surface area contributed by atoms with E-state index >= 15 is 0 Å². The smallest absolute Gasteiger partial charge is 0.317 e. The number of carbonyl (C=O) groups excluding carboxylic acids is 1. The van der Waals surface area contributed by atoms with Crippen molar-refractivity contribution in [2.75, 3.05) is 26.2 Å². The van der Waals surface area contributed by atoms with E-state index in [4.69, 9.17) is 0 Å². The summed E-state index contributed by atoms with van der Waals surface area (Å²) in [6, 6.07) is 4.91. The zero-order chi connectivity index (χ0) is 25.4. The molecular weight excluding hydrogens is 470 g/mol. The van der Waals surface area contributed by atoms with Gasteiger partial charge >= 0.3 is 6.03 Å². The number of amides is 2. The van der Waals surface area contributed by atoms with Crippen molar-refractivity contribution in [3.05, 3.63) is 31.0 Å². The molecule has 4 heterocycles. The molecule has 3 aliphatic rings. The highest BCUT2D eigenvalue weighted by atomic mass is 16.3. The fourth-order valence-electron chi connectivity index (χ4n) is 6.22. The maximum atomic E-state index is 12.7. The lowest BCUT2D eigenvalue weighted by molar-refractivity contribution is -0.0132. The average Bonchev–Trinajstić information content (AvgIpc) is 3.58. The highest BCUT2D eigenvalue weighted by molar-refractivity contribution is 5.90. The van der Waals surface area contributed by atoms with E-state index in [0.29, 0.717) is 25.6 Å². The van der Waals surface area contributed by atoms with Crippen LogP contribution in [0.5, 0.6) is 0 Å². The molecular formula is C26H33N9O2. The zero-order valence-corrected chi connectivity index (χ0v) is 20.9. The number of aliphatic hydroxyl groups is 1. The molecule has 3 aromatic heterocycles. The molecule has 0 bridgehead atoms. The van der Waals surface area contributed by atoms with Crippen molar-refractivity contribution in [1.82, 2.24) is 39.8 Å². The van der Waals surface area contributed by atoms with Crippen LogP contribution in [-0.2, 0) is 5.54 Å². The second-order valence-corrected chi connectivity index (χ2v) is 10.7. The quantitative estimate of drug-likeness (QED) is 0.485. The number of nitrogens with one attached hydrogen (secondary N) is 2. The molecule has 37 heavy (non-hydrogen) atoms. The number of aliphatic hydroxyl groups excluding tert-OH is 1. The van der Waals surface area contributed by atoms with E-state index in [0.717, 1.165) is 73.9 Å². The van der Waals surface area contributed by atoms with Gasteiger partial charge in [0.2, 0.25) is 0 Å². The van der Waals surface area contributed by atoms with Gasteiger partial charge in [-0.2, -0.15) is 10.4 Å². The summed E-state index contributed by atoms with van der Waals surface area (Å²) in [6.45, 7) is 3.08. The van der Waals surface area contributed by atoms with Gasteiger partial charge in [0.05, 0.1) is 36.0 Å². The average molecular weight is 504 g/mol. The van der Waals surface area contributed by atoms with Crippen LogP contribution in [0, 0.1) is 11.3 Å². The van der Waals surface area contributed by atoms with Gasteiger partial charge in [0.15, 0.2) is 0 Å². The minimum atomic E-state index is -0.317. The normalized spacial score (nSPS) is 28.5. The number of aromatic nitrogens is 5. The molecule has 11 heteroatoms. The van der Waals surface area contributed by atoms with Gasteiger partial charge in [0.25, 0.3) is 0 Å². The van der Waals surface area contributed by atoms with Crippen LogP contribution in [0.15, 0.2) is 31.0 Å². The molecule has 0 unspecified atom stereocenters. The van der Waals surface area contributed by atoms with E-state index < -0.39 is 0 Å². The minimum absolute atomic E-state index is 0.0128. The fourth-order valence-corrected chi connectivity index (χ4v) is 6.22. The predicted octanol–water partition coefficient (Wildman–Crippen LogP) is 2.22. The third-order valence-electron chi connectivity index (χ3n) is 8.48. The molecule has 2 amide bonds. The number of rotatable bonds is 5. The van der Waals surface area contributed by atoms with Crippen molar-refractivity contribution in [3.63, 3.8) is 0 Å². The largest absolute Gasteiger partial charge is 0.393 e. The van der Waals surface area contributed by atoms with Crippen molar-refractivity contribution in [2.24, 2.45) is 0 Å². The first kappa shape index (κ1) is 23.9. The van der Waals surface area contributed by atoms with Crippen molar-refractivity contribution < 1.29 is 9.90 Å². The number of urea groups is 1. The summed E-state index contributed by atoms with van der Waals surface area (Å²) in [4.78, 5) is 29.0. The fraction of sp³-hybridized carbons (Fsp3) is 0.577. The number of piperazine rings is 1. The number of fused-ring (bicyclic) bond motifs is 1. The molecule has 0 atom stereocenters. The van der Waals surface area contributed by atoms with Crippen LogP contribution >= 0.6 is 0 Å². The first-order chi connectivity index (χ1) is 18.0. The SMILES string of the molecule is N#CCC1(n2cc(-c3ncnc4[nH]ccc34)cn2)CC(N2CCN(C(=O)NC3CCC(O)CC3)CC2)C1. The molecule has 0 radical (unpaired) electrons. The Balaban J connectivity index is 1.06. The number of nitrogens with zero attached hydrogens (tertiary/aromatic N) is 7. The summed E-state index contributed by atoms with van der Waals surface area (Å²) < 4.78 is 1.97. The van der Waals surface area contributed by atoms with Crippen molar-refractivity contribution in [3.8, 4) is 17.3 Å². The van der Waals surface area contributed by atoms with E-state index in [2.05, 4.69) is 36.3 Å². The van der Waals surface area contributed by atoms with E-state index in [1.807, 2.05) is 34.2 Å². The van der Waals surface area contributed by atoms with Crippen LogP contribution in [0.4, 0.5) is 4.79 Å². The molecule has 2 saturated carbocycles. The molecule has 11 nitrogen and oxygen atoms in total. The van der Waals surface area contributed by atoms with Gasteiger partial charge < -0.3 is 20.3 Å². The van der Waals surface area contributed by atoms with Crippen LogP contribution in [0.1, 0.15) is 44.9 Å². The Morgan fingerprint density at radius 3 is 2.73 bits per heavy atom. The summed E-state index contributed by atoms with van der Waals surface area (Å²) in [5, 5.41) is 28.1. The highest BCUT2D eigenvalue weighted by Gasteiger charge is 2.49. The molecule has 3 fully saturated rings. The Morgan fingerprint density at radius 2 is 1.97 bits per heavy atom. The number of aromatic amines is 1. The van der Waals surface area contributed by atoms with E-state index in [1.165, 1.54) is 0 Å². The van der Waals surface area contributed by atoms with E-state index in [1.54, 1.807) is 6.33 Å². The molecule has 0 spiro atoms. The third-order valence-corrected chi connectivity index (χ3v) is 8.48. The van der Waals surface area contributed by atoms with Crippen molar-refractivity contribution in [1.29, 1.82) is 5.26 Å². The Hall–Kier alpha value is -3.49. The zero-order valence-electron chi connectivity index (χ0n) is 20.9. The van der Waals surface area contributed by atoms with Gasteiger partial charge in [-0.15, -0.1) is 0 Å². The Labute approximate surface area is 215 Å². The number of hydrogen-bond acceptors (Lipinski definition) is 7. The van der Waals surface area contributed by atoms with E-state index in [-0.39, 0.29) is 23.7 Å². The summed E-state index contributed by atoms with van der Waals surface area (Å²) in [6.07, 6.45) is 12.4. The monoisotopic (exact) mass is 503 g/mol. The lowest BCUT2D eigenvalue weighted by Gasteiger charge is -2.52. The summed E-state index contributed by atoms with van der Waals surface area (Å²) in [5.41, 5.74) is 2.22. The Bertz CT molecular complexity index is 1290. The van der Waals surface area contributed by atoms with Gasteiger partial charge in [-0.05, 0) is 44.6 Å². The molecule has 194 valence electrons. The number of nitriles is 1. The van der Waals surface area contributed by atoms with Gasteiger partial charge in [-0.25, -0.2) is 14.8 Å². The summed E-state index contributed by atoms with van der Waals surface area (Å²) in [5.74, 6) is 0. The number of carbonyl (C=O) groups is 1. The van der Waals surface area contributed by atoms with Gasteiger partial charge in [0, 0.05) is 61.6 Å². The highest BCUT2D eigenvalue weighted by Crippen LogP contribution is 2.45. The minimum Gasteiger partial charge on any atom is -0.393 e. The lowest BCUT2D eigenvalue weighted by atomic mass is 9.70. The molecule has 3 N–H and O–H groups in total. The maximum absolute atomic E-state index is 12.7. The molecule has 3 aromatic rings. The van der Waals surface area contributed by atoms with Gasteiger partial charge in [-0.1, -0.05) is 0 Å². The number of H-pyrrole nitrogens is 1. The Morgan fingerprint density at radius 1 is 1.19 bits per heavy atom. The molecule has 0 aromatic carbocycles. The molecule has 6 rings (SSSR count). The second kappa shape index (κ2) is 9.76. The lowest BCUT2D eigenvalue weighted by Crippen LogP contribution is -2.61. The van der Waals surface area contributed by atoms with Crippen LogP contribution < -0.4 is 5.32 Å². The van der Waals surface area contributed by atoms with Crippen LogP contribution in [-0.4, -0.2) is 90.0 Å². The van der Waals surface area contributed by atoms with Gasteiger partial charge in [-0.3, -0.25) is 9.58 Å². The second-order valence-electron chi connectivity index (χ2n) is 10.7. The topological polar surface area (TPSA) is 139 Å². The van der Waals surface area contributed by atoms with Gasteiger partial charge in [0.1, 0.15) is 12.0 Å². The third kappa shape index (κ3) is 4.55. The first-order valence-electron chi connectivity index (χ1n) is 13.2. The van der Waals surface area contributed by atoms with Crippen LogP contribution in [0.3, 0.4) is 0 Å². The molecule has 1 saturated heterocycles. The molecule has 1 aliphatic heterocycles.